The Bertz CT molecular complexity index is 830. The maximum absolute atomic E-state index is 5.38. The van der Waals surface area contributed by atoms with Gasteiger partial charge in [-0.3, -0.25) is 4.98 Å². The molecule has 0 bridgehead atoms. The van der Waals surface area contributed by atoms with Crippen LogP contribution in [0.1, 0.15) is 11.1 Å². The molecule has 1 heterocycles. The predicted octanol–water partition coefficient (Wildman–Crippen LogP) is 3.85. The zero-order valence-electron chi connectivity index (χ0n) is 13.5. The molecule has 0 saturated carbocycles. The van der Waals surface area contributed by atoms with Crippen LogP contribution in [0, 0.1) is 0 Å². The van der Waals surface area contributed by atoms with Crippen LogP contribution in [-0.2, 0) is 6.42 Å². The average Bonchev–Trinajstić information content (AvgIpc) is 2.61. The van der Waals surface area contributed by atoms with Gasteiger partial charge in [0.15, 0.2) is 11.5 Å². The van der Waals surface area contributed by atoms with Crippen LogP contribution in [-0.4, -0.2) is 26.3 Å². The van der Waals surface area contributed by atoms with E-state index in [4.69, 9.17) is 14.2 Å². The van der Waals surface area contributed by atoms with Crippen molar-refractivity contribution in [3.63, 3.8) is 0 Å². The van der Waals surface area contributed by atoms with E-state index in [0.717, 1.165) is 40.1 Å². The number of hydrogen-bond acceptors (Lipinski definition) is 4. The Morgan fingerprint density at radius 2 is 1.65 bits per heavy atom. The standard InChI is InChI=1S/C19H19NO3/c1-21-15-5-6-17-16(12-15)14(8-9-20-17)10-13-4-7-18(22-2)19(11-13)23-3/h4-9,11-12H,10H2,1-3H3. The van der Waals surface area contributed by atoms with Gasteiger partial charge in [0.25, 0.3) is 0 Å². The second kappa shape index (κ2) is 6.57. The first-order valence-electron chi connectivity index (χ1n) is 7.37. The molecule has 3 aromatic rings. The number of rotatable bonds is 5. The van der Waals surface area contributed by atoms with Crippen LogP contribution in [0.5, 0.6) is 17.2 Å². The van der Waals surface area contributed by atoms with Crippen LogP contribution < -0.4 is 14.2 Å². The average molecular weight is 309 g/mol. The van der Waals surface area contributed by atoms with E-state index < -0.39 is 0 Å². The molecule has 0 aliphatic heterocycles. The summed E-state index contributed by atoms with van der Waals surface area (Å²) in [6, 6.07) is 14.0. The third kappa shape index (κ3) is 3.06. The summed E-state index contributed by atoms with van der Waals surface area (Å²) < 4.78 is 16.0. The van der Waals surface area contributed by atoms with Crippen molar-refractivity contribution >= 4 is 10.9 Å². The van der Waals surface area contributed by atoms with Crippen LogP contribution in [0.15, 0.2) is 48.7 Å². The van der Waals surface area contributed by atoms with Crippen LogP contribution in [0.25, 0.3) is 10.9 Å². The summed E-state index contributed by atoms with van der Waals surface area (Å²) in [5, 5.41) is 1.10. The zero-order chi connectivity index (χ0) is 16.2. The maximum Gasteiger partial charge on any atom is 0.160 e. The molecule has 0 aliphatic rings. The lowest BCUT2D eigenvalue weighted by molar-refractivity contribution is 0.354. The van der Waals surface area contributed by atoms with E-state index in [1.807, 2.05) is 48.7 Å². The van der Waals surface area contributed by atoms with Crippen LogP contribution in [0.3, 0.4) is 0 Å². The van der Waals surface area contributed by atoms with E-state index in [1.165, 1.54) is 5.56 Å². The van der Waals surface area contributed by atoms with Crippen molar-refractivity contribution in [3.8, 4) is 17.2 Å². The van der Waals surface area contributed by atoms with Crippen LogP contribution in [0.4, 0.5) is 0 Å². The summed E-state index contributed by atoms with van der Waals surface area (Å²) in [4.78, 5) is 4.42. The summed E-state index contributed by atoms with van der Waals surface area (Å²) in [7, 11) is 4.96. The molecule has 1 aromatic heterocycles. The molecule has 0 unspecified atom stereocenters. The Morgan fingerprint density at radius 3 is 2.39 bits per heavy atom. The van der Waals surface area contributed by atoms with E-state index in [0.29, 0.717) is 0 Å². The number of methoxy groups -OCH3 is 3. The Kier molecular flexibility index (Phi) is 4.33. The summed E-state index contributed by atoms with van der Waals surface area (Å²) in [5.41, 5.74) is 3.31. The molecule has 0 spiro atoms. The van der Waals surface area contributed by atoms with Crippen LogP contribution >= 0.6 is 0 Å². The summed E-state index contributed by atoms with van der Waals surface area (Å²) in [6.07, 6.45) is 2.62. The highest BCUT2D eigenvalue weighted by Crippen LogP contribution is 2.30. The van der Waals surface area contributed by atoms with Gasteiger partial charge in [0.05, 0.1) is 26.8 Å². The molecule has 0 fully saturated rings. The zero-order valence-corrected chi connectivity index (χ0v) is 13.5. The second-order valence-corrected chi connectivity index (χ2v) is 5.22. The van der Waals surface area contributed by atoms with Gasteiger partial charge in [0.1, 0.15) is 5.75 Å². The monoisotopic (exact) mass is 309 g/mol. The first-order valence-corrected chi connectivity index (χ1v) is 7.37. The Morgan fingerprint density at radius 1 is 0.826 bits per heavy atom. The topological polar surface area (TPSA) is 40.6 Å². The molecule has 0 atom stereocenters. The smallest absolute Gasteiger partial charge is 0.160 e. The fourth-order valence-electron chi connectivity index (χ4n) is 2.67. The fourth-order valence-corrected chi connectivity index (χ4v) is 2.67. The van der Waals surface area contributed by atoms with Gasteiger partial charge in [-0.1, -0.05) is 6.07 Å². The molecule has 0 N–H and O–H groups in total. The third-order valence-corrected chi connectivity index (χ3v) is 3.88. The lowest BCUT2D eigenvalue weighted by Gasteiger charge is -2.11. The molecule has 0 saturated heterocycles. The highest BCUT2D eigenvalue weighted by molar-refractivity contribution is 5.83. The van der Waals surface area contributed by atoms with Crippen molar-refractivity contribution in [2.45, 2.75) is 6.42 Å². The second-order valence-electron chi connectivity index (χ2n) is 5.22. The van der Waals surface area contributed by atoms with Crippen molar-refractivity contribution in [1.29, 1.82) is 0 Å². The van der Waals surface area contributed by atoms with Crippen molar-refractivity contribution in [1.82, 2.24) is 4.98 Å². The molecule has 23 heavy (non-hydrogen) atoms. The first-order chi connectivity index (χ1) is 11.2. The molecule has 2 aromatic carbocycles. The number of aromatic nitrogens is 1. The quantitative estimate of drug-likeness (QED) is 0.718. The van der Waals surface area contributed by atoms with E-state index in [2.05, 4.69) is 4.98 Å². The molecule has 3 rings (SSSR count). The van der Waals surface area contributed by atoms with Gasteiger partial charge in [-0.05, 0) is 53.9 Å². The predicted molar refractivity (Wildman–Crippen MR) is 90.6 cm³/mol. The Hall–Kier alpha value is -2.75. The SMILES string of the molecule is COc1ccc2nccc(Cc3ccc(OC)c(OC)c3)c2c1. The minimum atomic E-state index is 0.734. The molecule has 4 heteroatoms. The molecule has 118 valence electrons. The lowest BCUT2D eigenvalue weighted by atomic mass is 10.0. The minimum absolute atomic E-state index is 0.734. The van der Waals surface area contributed by atoms with Gasteiger partial charge >= 0.3 is 0 Å². The third-order valence-electron chi connectivity index (χ3n) is 3.88. The van der Waals surface area contributed by atoms with Crippen molar-refractivity contribution in [2.24, 2.45) is 0 Å². The highest BCUT2D eigenvalue weighted by Gasteiger charge is 2.08. The van der Waals surface area contributed by atoms with Gasteiger partial charge in [-0.15, -0.1) is 0 Å². The number of pyridine rings is 1. The van der Waals surface area contributed by atoms with E-state index in [1.54, 1.807) is 21.3 Å². The van der Waals surface area contributed by atoms with Gasteiger partial charge < -0.3 is 14.2 Å². The molecule has 0 amide bonds. The van der Waals surface area contributed by atoms with Gasteiger partial charge in [0, 0.05) is 11.6 Å². The molecule has 4 nitrogen and oxygen atoms in total. The summed E-state index contributed by atoms with van der Waals surface area (Å²) in [5.74, 6) is 2.30. The number of hydrogen-bond donors (Lipinski definition) is 0. The van der Waals surface area contributed by atoms with E-state index in [-0.39, 0.29) is 0 Å². The van der Waals surface area contributed by atoms with E-state index >= 15 is 0 Å². The van der Waals surface area contributed by atoms with Gasteiger partial charge in [-0.25, -0.2) is 0 Å². The van der Waals surface area contributed by atoms with Gasteiger partial charge in [0.2, 0.25) is 0 Å². The van der Waals surface area contributed by atoms with E-state index in [9.17, 15) is 0 Å². The van der Waals surface area contributed by atoms with Crippen molar-refractivity contribution in [2.75, 3.05) is 21.3 Å². The summed E-state index contributed by atoms with van der Waals surface area (Å²) >= 11 is 0. The Labute approximate surface area is 135 Å². The number of fused-ring (bicyclic) bond motifs is 1. The normalized spacial score (nSPS) is 10.6. The highest BCUT2D eigenvalue weighted by atomic mass is 16.5. The van der Waals surface area contributed by atoms with Crippen molar-refractivity contribution < 1.29 is 14.2 Å². The number of ether oxygens (including phenoxy) is 3. The molecule has 0 radical (unpaired) electrons. The van der Waals surface area contributed by atoms with Gasteiger partial charge in [-0.2, -0.15) is 0 Å². The molecule has 0 aliphatic carbocycles. The van der Waals surface area contributed by atoms with Crippen LogP contribution in [0.2, 0.25) is 0 Å². The largest absolute Gasteiger partial charge is 0.497 e. The lowest BCUT2D eigenvalue weighted by Crippen LogP contribution is -1.95. The molecular formula is C19H19NO3. The van der Waals surface area contributed by atoms with Crippen molar-refractivity contribution in [3.05, 3.63) is 59.8 Å². The minimum Gasteiger partial charge on any atom is -0.497 e. The number of benzene rings is 2. The maximum atomic E-state index is 5.38. The summed E-state index contributed by atoms with van der Waals surface area (Å²) in [6.45, 7) is 0. The fraction of sp³-hybridized carbons (Fsp3) is 0.211. The molecular weight excluding hydrogens is 290 g/mol. The Balaban J connectivity index is 2.01. The number of nitrogens with zero attached hydrogens (tertiary/aromatic N) is 1. The first kappa shape index (κ1) is 15.2.